The molecule has 0 spiro atoms. The maximum absolute atomic E-state index is 12.7. The van der Waals surface area contributed by atoms with Crippen LogP contribution >= 0.6 is 0 Å². The van der Waals surface area contributed by atoms with Gasteiger partial charge in [-0.3, -0.25) is 9.59 Å². The number of carbonyl (C=O) groups excluding carboxylic acids is 2. The molecule has 0 aliphatic heterocycles. The third-order valence-corrected chi connectivity index (χ3v) is 6.24. The highest BCUT2D eigenvalue weighted by molar-refractivity contribution is 5.78. The van der Waals surface area contributed by atoms with Crippen LogP contribution in [0.25, 0.3) is 0 Å². The average molecular weight is 346 g/mol. The van der Waals surface area contributed by atoms with Gasteiger partial charge in [0, 0.05) is 0 Å². The molecule has 2 unspecified atom stereocenters. The molecule has 2 aliphatic rings. The fourth-order valence-corrected chi connectivity index (χ4v) is 4.94. The van der Waals surface area contributed by atoms with Gasteiger partial charge in [0.1, 0.15) is 12.4 Å². The Morgan fingerprint density at radius 1 is 0.960 bits per heavy atom. The highest BCUT2D eigenvalue weighted by atomic mass is 16.5. The molecule has 0 radical (unpaired) electrons. The van der Waals surface area contributed by atoms with Crippen LogP contribution in [0.4, 0.5) is 0 Å². The maximum Gasteiger partial charge on any atom is 0.309 e. The molecule has 3 rings (SSSR count). The molecule has 0 saturated heterocycles. The van der Waals surface area contributed by atoms with Crippen LogP contribution in [0.3, 0.4) is 0 Å². The number of esters is 2. The fraction of sp³-hybridized carbons (Fsp3) is 0.600. The van der Waals surface area contributed by atoms with Gasteiger partial charge in [-0.2, -0.15) is 0 Å². The summed E-state index contributed by atoms with van der Waals surface area (Å²) in [4.78, 5) is 24.8. The Morgan fingerprint density at radius 2 is 1.56 bits per heavy atom. The normalized spacial score (nSPS) is 33.1. The molecular weight excluding hydrogens is 320 g/mol. The summed E-state index contributed by atoms with van der Waals surface area (Å²) < 4.78 is 15.7. The van der Waals surface area contributed by atoms with Crippen LogP contribution in [0.1, 0.15) is 25.8 Å². The lowest BCUT2D eigenvalue weighted by Gasteiger charge is -2.35. The van der Waals surface area contributed by atoms with Crippen LogP contribution in [0.2, 0.25) is 0 Å². The van der Waals surface area contributed by atoms with E-state index in [1.165, 1.54) is 7.11 Å². The molecule has 0 amide bonds. The zero-order chi connectivity index (χ0) is 18.1. The van der Waals surface area contributed by atoms with Gasteiger partial charge in [0.25, 0.3) is 0 Å². The summed E-state index contributed by atoms with van der Waals surface area (Å²) in [7, 11) is 3.03. The number of carbonyl (C=O) groups is 2. The molecule has 1 aromatic carbocycles. The molecule has 1 aromatic rings. The van der Waals surface area contributed by atoms with Gasteiger partial charge < -0.3 is 14.2 Å². The van der Waals surface area contributed by atoms with Gasteiger partial charge >= 0.3 is 11.9 Å². The Kier molecular flexibility index (Phi) is 5.02. The van der Waals surface area contributed by atoms with Crippen molar-refractivity contribution in [3.05, 3.63) is 29.8 Å². The van der Waals surface area contributed by atoms with Gasteiger partial charge in [0.2, 0.25) is 0 Å². The smallest absolute Gasteiger partial charge is 0.309 e. The molecule has 0 aromatic heterocycles. The SMILES string of the molecule is COC(=O)[C@H]1C2CC([C@@H](C)[C@@H]2C(=O)OCc2ccc(OC)cc2)[C@H]1C. The predicted molar refractivity (Wildman–Crippen MR) is 91.7 cm³/mol. The van der Waals surface area contributed by atoms with Crippen molar-refractivity contribution in [2.75, 3.05) is 14.2 Å². The first kappa shape index (κ1) is 17.8. The lowest BCUT2D eigenvalue weighted by atomic mass is 9.69. The summed E-state index contributed by atoms with van der Waals surface area (Å²) in [5, 5.41) is 0. The van der Waals surface area contributed by atoms with Gasteiger partial charge in [-0.05, 0) is 47.8 Å². The molecule has 6 atom stereocenters. The van der Waals surface area contributed by atoms with Crippen molar-refractivity contribution < 1.29 is 23.8 Å². The van der Waals surface area contributed by atoms with Crippen molar-refractivity contribution >= 4 is 11.9 Å². The molecule has 5 nitrogen and oxygen atoms in total. The van der Waals surface area contributed by atoms with Crippen LogP contribution in [0, 0.1) is 35.5 Å². The van der Waals surface area contributed by atoms with Crippen LogP contribution in [0.15, 0.2) is 24.3 Å². The minimum Gasteiger partial charge on any atom is -0.497 e. The minimum atomic E-state index is -0.219. The molecule has 2 fully saturated rings. The van der Waals surface area contributed by atoms with Gasteiger partial charge in [0.05, 0.1) is 26.1 Å². The molecule has 0 heterocycles. The Hall–Kier alpha value is -2.04. The highest BCUT2D eigenvalue weighted by Gasteiger charge is 2.60. The minimum absolute atomic E-state index is 0.0332. The highest BCUT2D eigenvalue weighted by Crippen LogP contribution is 2.58. The van der Waals surface area contributed by atoms with E-state index in [2.05, 4.69) is 13.8 Å². The zero-order valence-electron chi connectivity index (χ0n) is 15.2. The second kappa shape index (κ2) is 7.06. The Bertz CT molecular complexity index is 638. The molecule has 0 N–H and O–H groups in total. The third-order valence-electron chi connectivity index (χ3n) is 6.24. The summed E-state index contributed by atoms with van der Waals surface area (Å²) in [6.45, 7) is 4.44. The summed E-state index contributed by atoms with van der Waals surface area (Å²) in [5.41, 5.74) is 0.919. The molecule has 5 heteroatoms. The number of hydrogen-bond donors (Lipinski definition) is 0. The number of benzene rings is 1. The Balaban J connectivity index is 1.66. The van der Waals surface area contributed by atoms with Crippen molar-refractivity contribution in [1.82, 2.24) is 0 Å². The van der Waals surface area contributed by atoms with E-state index in [0.29, 0.717) is 5.92 Å². The quantitative estimate of drug-likeness (QED) is 0.767. The number of methoxy groups -OCH3 is 2. The van der Waals surface area contributed by atoms with E-state index in [-0.39, 0.29) is 48.1 Å². The van der Waals surface area contributed by atoms with Gasteiger partial charge in [-0.1, -0.05) is 26.0 Å². The number of hydrogen-bond acceptors (Lipinski definition) is 5. The van der Waals surface area contributed by atoms with Crippen LogP contribution < -0.4 is 4.74 Å². The number of fused-ring (bicyclic) bond motifs is 2. The Labute approximate surface area is 148 Å². The van der Waals surface area contributed by atoms with E-state index in [1.54, 1.807) is 7.11 Å². The largest absolute Gasteiger partial charge is 0.497 e. The first-order valence-electron chi connectivity index (χ1n) is 8.85. The summed E-state index contributed by atoms with van der Waals surface area (Å²) in [5.74, 6) is 0.886. The standard InChI is InChI=1S/C20H26O5/c1-11-15-9-16(17(11)19(21)24-4)18(12(15)2)20(22)25-10-13-5-7-14(23-3)8-6-13/h5-8,11-12,15-18H,9-10H2,1-4H3/t11-,12-,15?,16?,17-,18+/m1/s1. The monoisotopic (exact) mass is 346 g/mol. The van der Waals surface area contributed by atoms with E-state index in [1.807, 2.05) is 24.3 Å². The molecular formula is C20H26O5. The topological polar surface area (TPSA) is 61.8 Å². The first-order chi connectivity index (χ1) is 12.0. The number of ether oxygens (including phenoxy) is 3. The second-order valence-corrected chi connectivity index (χ2v) is 7.31. The van der Waals surface area contributed by atoms with Gasteiger partial charge in [-0.25, -0.2) is 0 Å². The van der Waals surface area contributed by atoms with E-state index in [0.717, 1.165) is 17.7 Å². The van der Waals surface area contributed by atoms with E-state index in [4.69, 9.17) is 14.2 Å². The number of rotatable bonds is 5. The summed E-state index contributed by atoms with van der Waals surface area (Å²) in [6, 6.07) is 7.46. The summed E-state index contributed by atoms with van der Waals surface area (Å²) >= 11 is 0. The molecule has 2 saturated carbocycles. The lowest BCUT2D eigenvalue weighted by Crippen LogP contribution is -2.41. The maximum atomic E-state index is 12.7. The van der Waals surface area contributed by atoms with Crippen molar-refractivity contribution in [2.24, 2.45) is 35.5 Å². The Morgan fingerprint density at radius 3 is 2.08 bits per heavy atom. The van der Waals surface area contributed by atoms with Crippen molar-refractivity contribution in [3.63, 3.8) is 0 Å². The lowest BCUT2D eigenvalue weighted by molar-refractivity contribution is -0.160. The van der Waals surface area contributed by atoms with E-state index < -0.39 is 0 Å². The van der Waals surface area contributed by atoms with E-state index in [9.17, 15) is 9.59 Å². The first-order valence-corrected chi connectivity index (χ1v) is 8.85. The van der Waals surface area contributed by atoms with Crippen LogP contribution in [0.5, 0.6) is 5.75 Å². The molecule has 2 aliphatic carbocycles. The van der Waals surface area contributed by atoms with Crippen LogP contribution in [-0.4, -0.2) is 26.2 Å². The predicted octanol–water partition coefficient (Wildman–Crippen LogP) is 3.07. The average Bonchev–Trinajstić information content (AvgIpc) is 3.13. The van der Waals surface area contributed by atoms with Crippen LogP contribution in [-0.2, 0) is 25.7 Å². The molecule has 2 bridgehead atoms. The molecule has 25 heavy (non-hydrogen) atoms. The summed E-state index contributed by atoms with van der Waals surface area (Å²) in [6.07, 6.45) is 0.907. The van der Waals surface area contributed by atoms with E-state index >= 15 is 0 Å². The van der Waals surface area contributed by atoms with Crippen molar-refractivity contribution in [1.29, 1.82) is 0 Å². The van der Waals surface area contributed by atoms with Gasteiger partial charge in [-0.15, -0.1) is 0 Å². The zero-order valence-corrected chi connectivity index (χ0v) is 15.2. The van der Waals surface area contributed by atoms with Crippen molar-refractivity contribution in [2.45, 2.75) is 26.9 Å². The fourth-order valence-electron chi connectivity index (χ4n) is 4.94. The molecule has 136 valence electrons. The van der Waals surface area contributed by atoms with Crippen molar-refractivity contribution in [3.8, 4) is 5.75 Å². The third kappa shape index (κ3) is 3.12. The second-order valence-electron chi connectivity index (χ2n) is 7.31. The van der Waals surface area contributed by atoms with Gasteiger partial charge in [0.15, 0.2) is 0 Å².